The van der Waals surface area contributed by atoms with Crippen LogP contribution in [0.15, 0.2) is 36.4 Å². The number of amides is 1. The molecule has 0 spiro atoms. The van der Waals surface area contributed by atoms with Crippen molar-refractivity contribution in [2.24, 2.45) is 0 Å². The van der Waals surface area contributed by atoms with Crippen LogP contribution in [0.2, 0.25) is 10.0 Å². The number of benzene rings is 2. The van der Waals surface area contributed by atoms with E-state index in [1.807, 2.05) is 0 Å². The van der Waals surface area contributed by atoms with Crippen LogP contribution < -0.4 is 5.32 Å². The van der Waals surface area contributed by atoms with E-state index in [0.29, 0.717) is 33.3 Å². The fourth-order valence-corrected chi connectivity index (χ4v) is 2.69. The fraction of sp³-hybridized carbons (Fsp3) is 0.133. The Morgan fingerprint density at radius 1 is 1.15 bits per heavy atom. The normalized spacial score (nSPS) is 14.8. The molecule has 2 aromatic rings. The number of anilines is 1. The minimum atomic E-state index is -0.847. The predicted molar refractivity (Wildman–Crippen MR) is 79.3 cm³/mol. The summed E-state index contributed by atoms with van der Waals surface area (Å²) in [6.07, 6.45) is -0.534. The van der Waals surface area contributed by atoms with Gasteiger partial charge in [0, 0.05) is 21.3 Å². The summed E-state index contributed by atoms with van der Waals surface area (Å²) in [5, 5.41) is 14.2. The van der Waals surface area contributed by atoms with Gasteiger partial charge in [-0.25, -0.2) is 0 Å². The Morgan fingerprint density at radius 2 is 1.85 bits per heavy atom. The molecular weight excluding hydrogens is 297 g/mol. The third kappa shape index (κ3) is 2.40. The molecule has 0 bridgehead atoms. The van der Waals surface area contributed by atoms with Gasteiger partial charge in [0.15, 0.2) is 0 Å². The largest absolute Gasteiger partial charge is 0.384 e. The van der Waals surface area contributed by atoms with Gasteiger partial charge in [0.25, 0.3) is 0 Å². The minimum Gasteiger partial charge on any atom is -0.384 e. The highest BCUT2D eigenvalue weighted by Gasteiger charge is 2.22. The van der Waals surface area contributed by atoms with Gasteiger partial charge in [0.1, 0.15) is 6.10 Å². The van der Waals surface area contributed by atoms with Gasteiger partial charge in [-0.15, -0.1) is 0 Å². The Hall–Kier alpha value is -1.55. The maximum absolute atomic E-state index is 11.4. The summed E-state index contributed by atoms with van der Waals surface area (Å²) in [5.41, 5.74) is 2.85. The van der Waals surface area contributed by atoms with E-state index in [4.69, 9.17) is 23.2 Å². The molecule has 1 atom stereocenters. The first-order chi connectivity index (χ1) is 9.54. The first-order valence-electron chi connectivity index (χ1n) is 6.10. The average Bonchev–Trinajstić information content (AvgIpc) is 2.77. The molecule has 0 saturated carbocycles. The van der Waals surface area contributed by atoms with Gasteiger partial charge >= 0.3 is 0 Å². The minimum absolute atomic E-state index is 0.0609. The summed E-state index contributed by atoms with van der Waals surface area (Å²) in [4.78, 5) is 11.4. The first-order valence-corrected chi connectivity index (χ1v) is 6.86. The summed E-state index contributed by atoms with van der Waals surface area (Å²) in [6.45, 7) is 0. The topological polar surface area (TPSA) is 49.3 Å². The lowest BCUT2D eigenvalue weighted by atomic mass is 9.98. The van der Waals surface area contributed by atoms with E-state index < -0.39 is 6.10 Å². The van der Waals surface area contributed by atoms with Crippen molar-refractivity contribution in [2.45, 2.75) is 12.5 Å². The second-order valence-corrected chi connectivity index (χ2v) is 5.55. The lowest BCUT2D eigenvalue weighted by Gasteiger charge is -2.15. The standard InChI is InChI=1S/C15H11Cl2NO2/c16-10-3-1-8(2-4-10)15(20)11-5-9-6-14(19)18-13(9)7-12(11)17/h1-5,7,15,20H,6H2,(H,18,19). The summed E-state index contributed by atoms with van der Waals surface area (Å²) >= 11 is 12.0. The van der Waals surface area contributed by atoms with Gasteiger partial charge in [0.05, 0.1) is 6.42 Å². The Balaban J connectivity index is 2.00. The van der Waals surface area contributed by atoms with Crippen LogP contribution in [-0.2, 0) is 11.2 Å². The summed E-state index contributed by atoms with van der Waals surface area (Å²) in [7, 11) is 0. The van der Waals surface area contributed by atoms with E-state index in [1.165, 1.54) is 0 Å². The van der Waals surface area contributed by atoms with Crippen molar-refractivity contribution < 1.29 is 9.90 Å². The number of carbonyl (C=O) groups is 1. The van der Waals surface area contributed by atoms with Crippen LogP contribution in [0.3, 0.4) is 0 Å². The van der Waals surface area contributed by atoms with Gasteiger partial charge in [-0.05, 0) is 35.4 Å². The molecule has 3 rings (SSSR count). The van der Waals surface area contributed by atoms with Gasteiger partial charge in [0.2, 0.25) is 5.91 Å². The number of halogens is 2. The summed E-state index contributed by atoms with van der Waals surface area (Å²) < 4.78 is 0. The maximum atomic E-state index is 11.4. The van der Waals surface area contributed by atoms with Crippen LogP contribution in [0.1, 0.15) is 22.8 Å². The molecular formula is C15H11Cl2NO2. The second-order valence-electron chi connectivity index (χ2n) is 4.71. The Kier molecular flexibility index (Phi) is 3.42. The molecule has 1 aliphatic rings. The lowest BCUT2D eigenvalue weighted by molar-refractivity contribution is -0.115. The molecule has 1 aliphatic heterocycles. The molecule has 0 aliphatic carbocycles. The van der Waals surface area contributed by atoms with Crippen LogP contribution >= 0.6 is 23.2 Å². The van der Waals surface area contributed by atoms with Crippen molar-refractivity contribution in [3.05, 3.63) is 63.1 Å². The number of fused-ring (bicyclic) bond motifs is 1. The lowest BCUT2D eigenvalue weighted by Crippen LogP contribution is -2.03. The van der Waals surface area contributed by atoms with E-state index in [9.17, 15) is 9.90 Å². The highest BCUT2D eigenvalue weighted by molar-refractivity contribution is 6.32. The average molecular weight is 308 g/mol. The first kappa shape index (κ1) is 13.4. The van der Waals surface area contributed by atoms with Crippen LogP contribution in [0.25, 0.3) is 0 Å². The van der Waals surface area contributed by atoms with Crippen LogP contribution in [0.5, 0.6) is 0 Å². The predicted octanol–water partition coefficient (Wildman–Crippen LogP) is 3.57. The number of aliphatic hydroxyl groups is 1. The van der Waals surface area contributed by atoms with Gasteiger partial charge < -0.3 is 10.4 Å². The molecule has 0 fully saturated rings. The molecule has 1 heterocycles. The zero-order valence-corrected chi connectivity index (χ0v) is 11.9. The number of hydrogen-bond acceptors (Lipinski definition) is 2. The van der Waals surface area contributed by atoms with E-state index in [1.54, 1.807) is 36.4 Å². The fourth-order valence-electron chi connectivity index (χ4n) is 2.30. The third-order valence-electron chi connectivity index (χ3n) is 3.33. The number of carbonyl (C=O) groups excluding carboxylic acids is 1. The van der Waals surface area contributed by atoms with Gasteiger partial charge in [-0.3, -0.25) is 4.79 Å². The number of nitrogens with one attached hydrogen (secondary N) is 1. The van der Waals surface area contributed by atoms with Crippen molar-refractivity contribution >= 4 is 34.8 Å². The zero-order valence-electron chi connectivity index (χ0n) is 10.4. The van der Waals surface area contributed by atoms with Crippen molar-refractivity contribution in [2.75, 3.05) is 5.32 Å². The summed E-state index contributed by atoms with van der Waals surface area (Å²) in [6, 6.07) is 10.4. The Labute approximate surface area is 126 Å². The smallest absolute Gasteiger partial charge is 0.228 e. The van der Waals surface area contributed by atoms with E-state index in [2.05, 4.69) is 5.32 Å². The SMILES string of the molecule is O=C1Cc2cc(C(O)c3ccc(Cl)cc3)c(Cl)cc2N1. The molecule has 0 radical (unpaired) electrons. The molecule has 3 nitrogen and oxygen atoms in total. The van der Waals surface area contributed by atoms with Gasteiger partial charge in [-0.1, -0.05) is 35.3 Å². The zero-order chi connectivity index (χ0) is 14.3. The van der Waals surface area contributed by atoms with Crippen molar-refractivity contribution in [3.63, 3.8) is 0 Å². The molecule has 1 amide bonds. The number of aliphatic hydroxyl groups excluding tert-OH is 1. The molecule has 0 saturated heterocycles. The van der Waals surface area contributed by atoms with Crippen LogP contribution in [0.4, 0.5) is 5.69 Å². The van der Waals surface area contributed by atoms with Crippen molar-refractivity contribution in [3.8, 4) is 0 Å². The van der Waals surface area contributed by atoms with Crippen LogP contribution in [0, 0.1) is 0 Å². The number of hydrogen-bond donors (Lipinski definition) is 2. The van der Waals surface area contributed by atoms with Crippen molar-refractivity contribution in [1.82, 2.24) is 0 Å². The highest BCUT2D eigenvalue weighted by atomic mass is 35.5. The van der Waals surface area contributed by atoms with E-state index in [-0.39, 0.29) is 5.91 Å². The molecule has 2 aromatic carbocycles. The van der Waals surface area contributed by atoms with Crippen molar-refractivity contribution in [1.29, 1.82) is 0 Å². The molecule has 1 unspecified atom stereocenters. The molecule has 102 valence electrons. The van der Waals surface area contributed by atoms with Crippen LogP contribution in [-0.4, -0.2) is 11.0 Å². The molecule has 5 heteroatoms. The maximum Gasteiger partial charge on any atom is 0.228 e. The third-order valence-corrected chi connectivity index (χ3v) is 3.91. The molecule has 20 heavy (non-hydrogen) atoms. The molecule has 0 aromatic heterocycles. The van der Waals surface area contributed by atoms with Gasteiger partial charge in [-0.2, -0.15) is 0 Å². The Morgan fingerprint density at radius 3 is 2.55 bits per heavy atom. The molecule has 2 N–H and O–H groups in total. The van der Waals surface area contributed by atoms with E-state index in [0.717, 1.165) is 5.56 Å². The quantitative estimate of drug-likeness (QED) is 0.891. The Bertz CT molecular complexity index is 683. The second kappa shape index (κ2) is 5.09. The summed E-state index contributed by atoms with van der Waals surface area (Å²) in [5.74, 6) is -0.0609. The highest BCUT2D eigenvalue weighted by Crippen LogP contribution is 2.35. The monoisotopic (exact) mass is 307 g/mol. The number of rotatable bonds is 2. The van der Waals surface area contributed by atoms with E-state index >= 15 is 0 Å².